The summed E-state index contributed by atoms with van der Waals surface area (Å²) >= 11 is 0. The van der Waals surface area contributed by atoms with E-state index in [0.717, 1.165) is 29.6 Å². The number of imide groups is 1. The largest absolute Gasteiger partial charge is 0.274 e. The predicted octanol–water partition coefficient (Wildman–Crippen LogP) is 1.80. The van der Waals surface area contributed by atoms with Crippen LogP contribution in [-0.2, 0) is 19.4 Å². The maximum absolute atomic E-state index is 12.9. The number of nitrogens with zero attached hydrogens (tertiary/aromatic N) is 1. The van der Waals surface area contributed by atoms with Gasteiger partial charge in [0.05, 0.1) is 27.8 Å². The van der Waals surface area contributed by atoms with E-state index in [1.165, 1.54) is 6.07 Å². The van der Waals surface area contributed by atoms with Gasteiger partial charge in [-0.05, 0) is 37.2 Å². The minimum Gasteiger partial charge on any atom is -0.274 e. The fourth-order valence-electron chi connectivity index (χ4n) is 5.02. The highest BCUT2D eigenvalue weighted by Crippen LogP contribution is 2.57. The molecule has 2 aliphatic heterocycles. The molecule has 2 amide bonds. The van der Waals surface area contributed by atoms with E-state index in [0.29, 0.717) is 17.4 Å². The molecule has 4 aliphatic rings. The Morgan fingerprint density at radius 2 is 1.57 bits per heavy atom. The molecule has 5 nitrogen and oxygen atoms in total. The monoisotopic (exact) mass is 329 g/mol. The summed E-state index contributed by atoms with van der Waals surface area (Å²) in [7, 11) is -3.58. The van der Waals surface area contributed by atoms with Crippen molar-refractivity contribution in [3.63, 3.8) is 0 Å². The molecule has 23 heavy (non-hydrogen) atoms. The number of hydrogen-bond acceptors (Lipinski definition) is 4. The van der Waals surface area contributed by atoms with E-state index >= 15 is 0 Å². The molecule has 6 heteroatoms. The topological polar surface area (TPSA) is 71.5 Å². The van der Waals surface area contributed by atoms with Crippen molar-refractivity contribution in [1.29, 1.82) is 0 Å². The van der Waals surface area contributed by atoms with Gasteiger partial charge in [-0.3, -0.25) is 9.59 Å². The van der Waals surface area contributed by atoms with Crippen LogP contribution in [0.1, 0.15) is 24.8 Å². The van der Waals surface area contributed by atoms with E-state index in [-0.39, 0.29) is 34.2 Å². The smallest absolute Gasteiger partial charge is 0.238 e. The first-order valence-electron chi connectivity index (χ1n) is 7.93. The van der Waals surface area contributed by atoms with Gasteiger partial charge in [-0.2, -0.15) is 0 Å². The zero-order valence-corrected chi connectivity index (χ0v) is 13.1. The van der Waals surface area contributed by atoms with E-state index in [4.69, 9.17) is 0 Å². The predicted molar refractivity (Wildman–Crippen MR) is 81.3 cm³/mol. The summed E-state index contributed by atoms with van der Waals surface area (Å²) in [6.45, 7) is 0. The van der Waals surface area contributed by atoms with Crippen LogP contribution < -0.4 is 0 Å². The molecule has 2 aliphatic carbocycles. The summed E-state index contributed by atoms with van der Waals surface area (Å²) in [5.41, 5.74) is 0.700. The number of carbonyl (C=O) groups is 2. The number of hydrogen-bond donors (Lipinski definition) is 0. The molecule has 0 aromatic heterocycles. The fourth-order valence-corrected chi connectivity index (χ4v) is 6.42. The van der Waals surface area contributed by atoms with Crippen LogP contribution in [0.2, 0.25) is 0 Å². The third-order valence-corrected chi connectivity index (χ3v) is 7.41. The molecule has 1 aromatic carbocycles. The van der Waals surface area contributed by atoms with Crippen LogP contribution in [0.25, 0.3) is 5.70 Å². The highest BCUT2D eigenvalue weighted by Gasteiger charge is 2.62. The molecule has 2 heterocycles. The first-order chi connectivity index (χ1) is 11.0. The summed E-state index contributed by atoms with van der Waals surface area (Å²) in [4.78, 5) is 27.1. The SMILES string of the molecule is O=C1[C@@H]2C3CCC(C3)[C@@H]2C(=O)N1C1=CS(=O)(=O)c2ccccc21. The summed E-state index contributed by atoms with van der Waals surface area (Å²) in [6, 6.07) is 6.55. The second-order valence-electron chi connectivity index (χ2n) is 6.94. The molecule has 5 rings (SSSR count). The van der Waals surface area contributed by atoms with Gasteiger partial charge in [-0.15, -0.1) is 0 Å². The van der Waals surface area contributed by atoms with E-state index in [1.54, 1.807) is 18.2 Å². The van der Waals surface area contributed by atoms with Crippen molar-refractivity contribution in [3.8, 4) is 0 Å². The molecule has 118 valence electrons. The number of likely N-dealkylation sites (tertiary alicyclic amines) is 1. The van der Waals surface area contributed by atoms with Crippen molar-refractivity contribution in [2.24, 2.45) is 23.7 Å². The van der Waals surface area contributed by atoms with Crippen LogP contribution in [0.3, 0.4) is 0 Å². The zero-order chi connectivity index (χ0) is 15.9. The highest BCUT2D eigenvalue weighted by molar-refractivity contribution is 7.95. The number of amides is 2. The number of fused-ring (bicyclic) bond motifs is 6. The first-order valence-corrected chi connectivity index (χ1v) is 9.47. The molecule has 2 bridgehead atoms. The standard InChI is InChI=1S/C17H15NO4S/c19-16-14-9-5-6-10(7-9)15(14)17(20)18(16)12-8-23(21,22)13-4-2-1-3-11(12)13/h1-4,8-10,14-15H,5-7H2/t9?,10?,14-,15+. The summed E-state index contributed by atoms with van der Waals surface area (Å²) in [5.74, 6) is -0.299. The lowest BCUT2D eigenvalue weighted by Crippen LogP contribution is -2.31. The van der Waals surface area contributed by atoms with Crippen LogP contribution in [0.4, 0.5) is 0 Å². The molecule has 0 radical (unpaired) electrons. The fraction of sp³-hybridized carbons (Fsp3) is 0.412. The quantitative estimate of drug-likeness (QED) is 0.737. The lowest BCUT2D eigenvalue weighted by Gasteiger charge is -2.19. The second kappa shape index (κ2) is 4.12. The molecule has 2 unspecified atom stereocenters. The molecule has 4 atom stereocenters. The summed E-state index contributed by atoms with van der Waals surface area (Å²) in [6.07, 6.45) is 2.98. The van der Waals surface area contributed by atoms with Crippen molar-refractivity contribution in [2.45, 2.75) is 24.2 Å². The maximum Gasteiger partial charge on any atom is 0.238 e. The van der Waals surface area contributed by atoms with Gasteiger partial charge >= 0.3 is 0 Å². The average Bonchev–Trinajstić information content (AvgIpc) is 3.24. The Kier molecular flexibility index (Phi) is 2.41. The van der Waals surface area contributed by atoms with Gasteiger partial charge in [0.25, 0.3) is 0 Å². The van der Waals surface area contributed by atoms with E-state index in [2.05, 4.69) is 0 Å². The maximum atomic E-state index is 12.9. The second-order valence-corrected chi connectivity index (χ2v) is 8.71. The number of rotatable bonds is 1. The Morgan fingerprint density at radius 3 is 2.22 bits per heavy atom. The minimum atomic E-state index is -3.58. The Bertz CT molecular complexity index is 873. The van der Waals surface area contributed by atoms with E-state index < -0.39 is 9.84 Å². The first kappa shape index (κ1) is 13.5. The summed E-state index contributed by atoms with van der Waals surface area (Å²) < 4.78 is 24.6. The lowest BCUT2D eigenvalue weighted by molar-refractivity contribution is -0.136. The van der Waals surface area contributed by atoms with Crippen molar-refractivity contribution >= 4 is 27.3 Å². The number of sulfone groups is 1. The van der Waals surface area contributed by atoms with Gasteiger partial charge < -0.3 is 0 Å². The third kappa shape index (κ3) is 1.54. The van der Waals surface area contributed by atoms with E-state index in [9.17, 15) is 18.0 Å². The molecule has 2 saturated carbocycles. The minimum absolute atomic E-state index is 0.177. The number of benzene rings is 1. The van der Waals surface area contributed by atoms with Gasteiger partial charge in [0.2, 0.25) is 21.7 Å². The molecular weight excluding hydrogens is 314 g/mol. The van der Waals surface area contributed by atoms with Crippen LogP contribution in [-0.4, -0.2) is 25.1 Å². The molecule has 0 N–H and O–H groups in total. The lowest BCUT2D eigenvalue weighted by atomic mass is 9.81. The van der Waals surface area contributed by atoms with Crippen molar-refractivity contribution < 1.29 is 18.0 Å². The van der Waals surface area contributed by atoms with Gasteiger partial charge in [-0.25, -0.2) is 13.3 Å². The number of carbonyl (C=O) groups excluding carboxylic acids is 2. The van der Waals surface area contributed by atoms with Crippen molar-refractivity contribution in [2.75, 3.05) is 0 Å². The average molecular weight is 329 g/mol. The van der Waals surface area contributed by atoms with Crippen LogP contribution in [0.15, 0.2) is 34.6 Å². The Morgan fingerprint density at radius 1 is 0.957 bits per heavy atom. The highest BCUT2D eigenvalue weighted by atomic mass is 32.2. The molecule has 1 saturated heterocycles. The van der Waals surface area contributed by atoms with Gasteiger partial charge in [0.15, 0.2) is 0 Å². The van der Waals surface area contributed by atoms with Crippen LogP contribution in [0, 0.1) is 23.7 Å². The summed E-state index contributed by atoms with van der Waals surface area (Å²) in [5, 5.41) is 1.08. The van der Waals surface area contributed by atoms with E-state index in [1.807, 2.05) is 0 Å². The Balaban J connectivity index is 1.64. The van der Waals surface area contributed by atoms with Gasteiger partial charge in [0, 0.05) is 5.56 Å². The van der Waals surface area contributed by atoms with Crippen molar-refractivity contribution in [1.82, 2.24) is 4.90 Å². The molecule has 1 aromatic rings. The molecular formula is C17H15NO4S. The molecule has 3 fully saturated rings. The molecule has 0 spiro atoms. The third-order valence-electron chi connectivity index (χ3n) is 5.90. The Hall–Kier alpha value is -1.95. The van der Waals surface area contributed by atoms with Crippen LogP contribution >= 0.6 is 0 Å². The van der Waals surface area contributed by atoms with Gasteiger partial charge in [0.1, 0.15) is 0 Å². The van der Waals surface area contributed by atoms with Gasteiger partial charge in [-0.1, -0.05) is 18.2 Å². The normalized spacial score (nSPS) is 36.3. The van der Waals surface area contributed by atoms with Crippen LogP contribution in [0.5, 0.6) is 0 Å². The Labute approximate surface area is 133 Å². The van der Waals surface area contributed by atoms with Crippen molar-refractivity contribution in [3.05, 3.63) is 35.2 Å². The zero-order valence-electron chi connectivity index (χ0n) is 12.3.